The first-order valence-corrected chi connectivity index (χ1v) is 7.67. The van der Waals surface area contributed by atoms with E-state index < -0.39 is 11.8 Å². The Morgan fingerprint density at radius 1 is 1.23 bits per heavy atom. The van der Waals surface area contributed by atoms with E-state index in [-0.39, 0.29) is 6.04 Å². The molecule has 0 saturated carbocycles. The van der Waals surface area contributed by atoms with Crippen molar-refractivity contribution < 1.29 is 9.59 Å². The molecule has 1 aliphatic heterocycles. The Hall–Kier alpha value is -2.18. The van der Waals surface area contributed by atoms with Crippen LogP contribution in [-0.2, 0) is 9.59 Å². The van der Waals surface area contributed by atoms with Crippen LogP contribution in [0.3, 0.4) is 0 Å². The van der Waals surface area contributed by atoms with Crippen molar-refractivity contribution >= 4 is 17.8 Å². The van der Waals surface area contributed by atoms with Gasteiger partial charge in [0.05, 0.1) is 0 Å². The highest BCUT2D eigenvalue weighted by Gasteiger charge is 2.22. The van der Waals surface area contributed by atoms with E-state index in [1.165, 1.54) is 0 Å². The Morgan fingerprint density at radius 3 is 2.45 bits per heavy atom. The molecule has 0 aliphatic carbocycles. The lowest BCUT2D eigenvalue weighted by molar-refractivity contribution is -0.139. The van der Waals surface area contributed by atoms with Gasteiger partial charge in [-0.25, -0.2) is 9.97 Å². The van der Waals surface area contributed by atoms with Gasteiger partial charge in [0, 0.05) is 38.1 Å². The number of nitrogens with zero attached hydrogens (tertiary/aromatic N) is 3. The highest BCUT2D eigenvalue weighted by atomic mass is 16.2. The van der Waals surface area contributed by atoms with Crippen molar-refractivity contribution in [3.05, 3.63) is 18.5 Å². The first-order valence-electron chi connectivity index (χ1n) is 7.67. The van der Waals surface area contributed by atoms with Crippen LogP contribution in [0.25, 0.3) is 0 Å². The molecular weight excluding hydrogens is 282 g/mol. The van der Waals surface area contributed by atoms with Gasteiger partial charge < -0.3 is 15.5 Å². The number of carbonyl (C=O) groups is 2. The van der Waals surface area contributed by atoms with Crippen LogP contribution in [0.1, 0.15) is 26.7 Å². The molecular formula is C15H23N5O2. The standard InChI is InChI=1S/C15H23N5O2/c1-11(2)19-14(22)13(21)18-10-12-4-8-20(9-5-12)15-16-6-3-7-17-15/h3,6-7,11-12H,4-5,8-10H2,1-2H3,(H,18,21)(H,19,22). The van der Waals surface area contributed by atoms with E-state index in [4.69, 9.17) is 0 Å². The van der Waals surface area contributed by atoms with Crippen LogP contribution < -0.4 is 15.5 Å². The van der Waals surface area contributed by atoms with Crippen molar-refractivity contribution in [3.63, 3.8) is 0 Å². The normalized spacial score (nSPS) is 15.7. The average molecular weight is 305 g/mol. The molecule has 0 bridgehead atoms. The van der Waals surface area contributed by atoms with Crippen LogP contribution >= 0.6 is 0 Å². The molecule has 2 N–H and O–H groups in total. The number of aromatic nitrogens is 2. The van der Waals surface area contributed by atoms with Gasteiger partial charge in [-0.15, -0.1) is 0 Å². The van der Waals surface area contributed by atoms with Crippen LogP contribution in [0.2, 0.25) is 0 Å². The molecule has 1 aromatic rings. The summed E-state index contributed by atoms with van der Waals surface area (Å²) in [6.07, 6.45) is 5.37. The number of amides is 2. The van der Waals surface area contributed by atoms with Crippen molar-refractivity contribution in [1.82, 2.24) is 20.6 Å². The number of piperidine rings is 1. The van der Waals surface area contributed by atoms with Crippen LogP contribution in [0, 0.1) is 5.92 Å². The molecule has 0 unspecified atom stereocenters. The zero-order valence-corrected chi connectivity index (χ0v) is 13.1. The summed E-state index contributed by atoms with van der Waals surface area (Å²) >= 11 is 0. The molecule has 0 spiro atoms. The van der Waals surface area contributed by atoms with Gasteiger partial charge in [0.2, 0.25) is 5.95 Å². The van der Waals surface area contributed by atoms with E-state index >= 15 is 0 Å². The predicted octanol–water partition coefficient (Wildman–Crippen LogP) is 0.334. The van der Waals surface area contributed by atoms with Gasteiger partial charge in [0.1, 0.15) is 0 Å². The van der Waals surface area contributed by atoms with Gasteiger partial charge in [-0.2, -0.15) is 0 Å². The fourth-order valence-electron chi connectivity index (χ4n) is 2.44. The van der Waals surface area contributed by atoms with E-state index in [9.17, 15) is 9.59 Å². The minimum Gasteiger partial charge on any atom is -0.348 e. The van der Waals surface area contributed by atoms with Gasteiger partial charge in [-0.1, -0.05) is 0 Å². The molecule has 2 heterocycles. The summed E-state index contributed by atoms with van der Waals surface area (Å²) in [6.45, 7) is 5.92. The van der Waals surface area contributed by atoms with Gasteiger partial charge >= 0.3 is 11.8 Å². The van der Waals surface area contributed by atoms with Crippen molar-refractivity contribution in [2.75, 3.05) is 24.5 Å². The first kappa shape index (κ1) is 16.2. The molecule has 7 nitrogen and oxygen atoms in total. The summed E-state index contributed by atoms with van der Waals surface area (Å²) in [5, 5.41) is 5.29. The quantitative estimate of drug-likeness (QED) is 0.783. The zero-order chi connectivity index (χ0) is 15.9. The Kier molecular flexibility index (Phi) is 5.68. The minimum absolute atomic E-state index is 0.0349. The summed E-state index contributed by atoms with van der Waals surface area (Å²) in [5.41, 5.74) is 0. The summed E-state index contributed by atoms with van der Waals surface area (Å²) in [5.74, 6) is 0.0182. The molecule has 120 valence electrons. The lowest BCUT2D eigenvalue weighted by Crippen LogP contribution is -2.45. The van der Waals surface area contributed by atoms with Gasteiger partial charge in [0.25, 0.3) is 0 Å². The van der Waals surface area contributed by atoms with Crippen LogP contribution in [0.4, 0.5) is 5.95 Å². The number of rotatable bonds is 4. The molecule has 0 radical (unpaired) electrons. The lowest BCUT2D eigenvalue weighted by atomic mass is 9.97. The Labute approximate surface area is 130 Å². The van der Waals surface area contributed by atoms with E-state index in [0.717, 1.165) is 31.9 Å². The number of nitrogens with one attached hydrogen (secondary N) is 2. The molecule has 7 heteroatoms. The highest BCUT2D eigenvalue weighted by Crippen LogP contribution is 2.19. The maximum atomic E-state index is 11.7. The summed E-state index contributed by atoms with van der Waals surface area (Å²) in [7, 11) is 0. The number of anilines is 1. The van der Waals surface area contributed by atoms with Crippen LogP contribution in [0.15, 0.2) is 18.5 Å². The Morgan fingerprint density at radius 2 is 1.86 bits per heavy atom. The van der Waals surface area contributed by atoms with Gasteiger partial charge in [-0.05, 0) is 38.7 Å². The summed E-state index contributed by atoms with van der Waals surface area (Å²) in [4.78, 5) is 33.8. The minimum atomic E-state index is -0.565. The van der Waals surface area contributed by atoms with Crippen molar-refractivity contribution in [2.45, 2.75) is 32.7 Å². The van der Waals surface area contributed by atoms with Gasteiger partial charge in [0.15, 0.2) is 0 Å². The van der Waals surface area contributed by atoms with E-state index in [1.807, 2.05) is 13.8 Å². The molecule has 1 aromatic heterocycles. The second-order valence-electron chi connectivity index (χ2n) is 5.82. The summed E-state index contributed by atoms with van der Waals surface area (Å²) in [6, 6.07) is 1.76. The van der Waals surface area contributed by atoms with E-state index in [1.54, 1.807) is 18.5 Å². The second-order valence-corrected chi connectivity index (χ2v) is 5.82. The number of carbonyl (C=O) groups excluding carboxylic acids is 2. The number of hydrogen-bond donors (Lipinski definition) is 2. The second kappa shape index (κ2) is 7.72. The zero-order valence-electron chi connectivity index (χ0n) is 13.1. The molecule has 0 atom stereocenters. The third-order valence-corrected chi connectivity index (χ3v) is 3.63. The average Bonchev–Trinajstić information content (AvgIpc) is 2.53. The largest absolute Gasteiger partial charge is 0.348 e. The SMILES string of the molecule is CC(C)NC(=O)C(=O)NCC1CCN(c2ncccn2)CC1. The molecule has 2 amide bonds. The number of hydrogen-bond acceptors (Lipinski definition) is 5. The van der Waals surface area contributed by atoms with Crippen molar-refractivity contribution in [2.24, 2.45) is 5.92 Å². The smallest absolute Gasteiger partial charge is 0.309 e. The summed E-state index contributed by atoms with van der Waals surface area (Å²) < 4.78 is 0. The molecule has 1 aliphatic rings. The predicted molar refractivity (Wildman–Crippen MR) is 83.3 cm³/mol. The van der Waals surface area contributed by atoms with Crippen LogP contribution in [-0.4, -0.2) is 47.5 Å². The molecule has 22 heavy (non-hydrogen) atoms. The third-order valence-electron chi connectivity index (χ3n) is 3.63. The van der Waals surface area contributed by atoms with Gasteiger partial charge in [-0.3, -0.25) is 9.59 Å². The van der Waals surface area contributed by atoms with E-state index in [2.05, 4.69) is 25.5 Å². The first-order chi connectivity index (χ1) is 10.6. The maximum absolute atomic E-state index is 11.7. The van der Waals surface area contributed by atoms with E-state index in [0.29, 0.717) is 12.5 Å². The lowest BCUT2D eigenvalue weighted by Gasteiger charge is -2.31. The third kappa shape index (κ3) is 4.68. The monoisotopic (exact) mass is 305 g/mol. The molecule has 0 aromatic carbocycles. The Balaban J connectivity index is 1.72. The molecule has 1 saturated heterocycles. The highest BCUT2D eigenvalue weighted by molar-refractivity contribution is 6.35. The molecule has 2 rings (SSSR count). The topological polar surface area (TPSA) is 87.2 Å². The fourth-order valence-corrected chi connectivity index (χ4v) is 2.44. The van der Waals surface area contributed by atoms with Crippen molar-refractivity contribution in [1.29, 1.82) is 0 Å². The van der Waals surface area contributed by atoms with Crippen molar-refractivity contribution in [3.8, 4) is 0 Å². The maximum Gasteiger partial charge on any atom is 0.309 e. The Bertz CT molecular complexity index is 498. The van der Waals surface area contributed by atoms with Crippen LogP contribution in [0.5, 0.6) is 0 Å². The fraction of sp³-hybridized carbons (Fsp3) is 0.600. The molecule has 1 fully saturated rings.